The number of H-pyrrole nitrogens is 1. The van der Waals surface area contributed by atoms with Crippen LogP contribution in [0.25, 0.3) is 10.9 Å². The van der Waals surface area contributed by atoms with Crippen LogP contribution in [0.5, 0.6) is 0 Å². The first-order chi connectivity index (χ1) is 12.8. The first-order valence-electron chi connectivity index (χ1n) is 8.79. The van der Waals surface area contributed by atoms with Gasteiger partial charge >= 0.3 is 0 Å². The molecule has 0 spiro atoms. The summed E-state index contributed by atoms with van der Waals surface area (Å²) >= 11 is 0. The predicted molar refractivity (Wildman–Crippen MR) is 110 cm³/mol. The summed E-state index contributed by atoms with van der Waals surface area (Å²) < 4.78 is 0. The highest BCUT2D eigenvalue weighted by atomic mass is 15.4. The molecule has 1 aromatic heterocycles. The number of hydrogen-bond donors (Lipinski definition) is 1. The number of anilines is 1. The van der Waals surface area contributed by atoms with Crippen LogP contribution < -0.4 is 5.01 Å². The highest BCUT2D eigenvalue weighted by Crippen LogP contribution is 2.22. The molecule has 4 aromatic rings. The zero-order valence-corrected chi connectivity index (χ0v) is 14.8. The van der Waals surface area contributed by atoms with Crippen LogP contribution in [0.15, 0.2) is 90.0 Å². The van der Waals surface area contributed by atoms with Gasteiger partial charge in [-0.2, -0.15) is 5.10 Å². The highest BCUT2D eigenvalue weighted by molar-refractivity contribution is 6.00. The molecule has 0 unspecified atom stereocenters. The topological polar surface area (TPSA) is 31.4 Å². The number of benzene rings is 3. The maximum Gasteiger partial charge on any atom is 0.0666 e. The van der Waals surface area contributed by atoms with Crippen molar-refractivity contribution in [2.24, 2.45) is 5.10 Å². The van der Waals surface area contributed by atoms with Crippen LogP contribution >= 0.6 is 0 Å². The molecule has 3 aromatic carbocycles. The minimum Gasteiger partial charge on any atom is -0.358 e. The van der Waals surface area contributed by atoms with Crippen molar-refractivity contribution in [1.29, 1.82) is 0 Å². The molecule has 0 amide bonds. The Kier molecular flexibility index (Phi) is 4.52. The van der Waals surface area contributed by atoms with Crippen molar-refractivity contribution < 1.29 is 0 Å². The fraction of sp³-hybridized carbons (Fsp3) is 0.0870. The lowest BCUT2D eigenvalue weighted by molar-refractivity contribution is 0.858. The molecule has 0 aliphatic heterocycles. The summed E-state index contributed by atoms with van der Waals surface area (Å²) in [6, 6.07) is 29.0. The Balaban J connectivity index is 1.70. The Morgan fingerprint density at radius 2 is 1.50 bits per heavy atom. The molecule has 3 heteroatoms. The van der Waals surface area contributed by atoms with Gasteiger partial charge in [-0.15, -0.1) is 0 Å². The van der Waals surface area contributed by atoms with Crippen LogP contribution in [0, 0.1) is 6.92 Å². The molecule has 0 saturated carbocycles. The van der Waals surface area contributed by atoms with E-state index in [2.05, 4.69) is 66.5 Å². The highest BCUT2D eigenvalue weighted by Gasteiger charge is 2.08. The Morgan fingerprint density at radius 3 is 2.27 bits per heavy atom. The minimum atomic E-state index is 0.725. The van der Waals surface area contributed by atoms with Crippen molar-refractivity contribution in [3.8, 4) is 0 Å². The quantitative estimate of drug-likeness (QED) is 0.377. The lowest BCUT2D eigenvalue weighted by Crippen LogP contribution is -2.16. The number of aromatic amines is 1. The van der Waals surface area contributed by atoms with E-state index in [4.69, 9.17) is 5.10 Å². The Bertz CT molecular complexity index is 1020. The summed E-state index contributed by atoms with van der Waals surface area (Å²) in [6.07, 6.45) is 1.96. The SMILES string of the molecule is Cc1[nH]c2ccccc2c1/C=N/N(Cc1ccccc1)c1ccccc1. The molecular formula is C23H21N3. The Hall–Kier alpha value is -3.33. The van der Waals surface area contributed by atoms with Gasteiger partial charge in [0, 0.05) is 22.2 Å². The molecule has 0 aliphatic rings. The van der Waals surface area contributed by atoms with Gasteiger partial charge in [0.1, 0.15) is 0 Å². The fourth-order valence-corrected chi connectivity index (χ4v) is 3.15. The van der Waals surface area contributed by atoms with Crippen LogP contribution in [-0.4, -0.2) is 11.2 Å². The number of hydrogen-bond acceptors (Lipinski definition) is 2. The number of nitrogens with one attached hydrogen (secondary N) is 1. The van der Waals surface area contributed by atoms with Gasteiger partial charge in [0.15, 0.2) is 0 Å². The lowest BCUT2D eigenvalue weighted by atomic mass is 10.1. The number of hydrazone groups is 1. The summed E-state index contributed by atoms with van der Waals surface area (Å²) in [7, 11) is 0. The van der Waals surface area contributed by atoms with Gasteiger partial charge in [-0.1, -0.05) is 66.7 Å². The van der Waals surface area contributed by atoms with Crippen molar-refractivity contribution in [2.45, 2.75) is 13.5 Å². The van der Waals surface area contributed by atoms with Crippen molar-refractivity contribution in [3.63, 3.8) is 0 Å². The third-order valence-corrected chi connectivity index (χ3v) is 4.50. The maximum absolute atomic E-state index is 4.83. The van der Waals surface area contributed by atoms with Crippen LogP contribution in [-0.2, 0) is 6.54 Å². The summed E-state index contributed by atoms with van der Waals surface area (Å²) in [5.74, 6) is 0. The zero-order chi connectivity index (χ0) is 17.8. The van der Waals surface area contributed by atoms with E-state index in [1.807, 2.05) is 41.6 Å². The van der Waals surface area contributed by atoms with E-state index < -0.39 is 0 Å². The van der Waals surface area contributed by atoms with Gasteiger partial charge in [-0.3, -0.25) is 5.01 Å². The molecule has 3 nitrogen and oxygen atoms in total. The van der Waals surface area contributed by atoms with E-state index in [0.29, 0.717) is 0 Å². The second-order valence-corrected chi connectivity index (χ2v) is 6.33. The molecule has 26 heavy (non-hydrogen) atoms. The number of nitrogens with zero attached hydrogens (tertiary/aromatic N) is 2. The van der Waals surface area contributed by atoms with Gasteiger partial charge < -0.3 is 4.98 Å². The fourth-order valence-electron chi connectivity index (χ4n) is 3.15. The molecule has 1 heterocycles. The first-order valence-corrected chi connectivity index (χ1v) is 8.79. The number of para-hydroxylation sites is 2. The smallest absolute Gasteiger partial charge is 0.0666 e. The van der Waals surface area contributed by atoms with Gasteiger partial charge in [0.25, 0.3) is 0 Å². The molecular weight excluding hydrogens is 318 g/mol. The van der Waals surface area contributed by atoms with Gasteiger partial charge in [0.2, 0.25) is 0 Å². The van der Waals surface area contributed by atoms with Crippen molar-refractivity contribution >= 4 is 22.8 Å². The van der Waals surface area contributed by atoms with Crippen LogP contribution in [0.1, 0.15) is 16.8 Å². The van der Waals surface area contributed by atoms with E-state index >= 15 is 0 Å². The monoisotopic (exact) mass is 339 g/mol. The van der Waals surface area contributed by atoms with E-state index in [1.165, 1.54) is 10.9 Å². The number of rotatable bonds is 5. The van der Waals surface area contributed by atoms with Gasteiger partial charge in [-0.05, 0) is 30.7 Å². The molecule has 4 rings (SSSR count). The van der Waals surface area contributed by atoms with E-state index in [-0.39, 0.29) is 0 Å². The molecule has 0 radical (unpaired) electrons. The summed E-state index contributed by atoms with van der Waals surface area (Å²) in [5.41, 5.74) is 5.70. The zero-order valence-electron chi connectivity index (χ0n) is 14.8. The summed E-state index contributed by atoms with van der Waals surface area (Å²) in [6.45, 7) is 2.81. The van der Waals surface area contributed by atoms with Crippen molar-refractivity contribution in [3.05, 3.63) is 102 Å². The van der Waals surface area contributed by atoms with Crippen LogP contribution in [0.4, 0.5) is 5.69 Å². The summed E-state index contributed by atoms with van der Waals surface area (Å²) in [5, 5.41) is 8.07. The number of aromatic nitrogens is 1. The van der Waals surface area contributed by atoms with Gasteiger partial charge in [-0.25, -0.2) is 0 Å². The molecule has 0 saturated heterocycles. The second kappa shape index (κ2) is 7.28. The minimum absolute atomic E-state index is 0.725. The number of fused-ring (bicyclic) bond motifs is 1. The average Bonchev–Trinajstić information content (AvgIpc) is 3.02. The summed E-state index contributed by atoms with van der Waals surface area (Å²) in [4.78, 5) is 3.43. The average molecular weight is 339 g/mol. The Labute approximate surface area is 153 Å². The largest absolute Gasteiger partial charge is 0.358 e. The number of aryl methyl sites for hydroxylation is 1. The third kappa shape index (κ3) is 3.38. The standard InChI is InChI=1S/C23H21N3/c1-18-22(21-14-8-9-15-23(21)25-18)16-24-26(20-12-6-3-7-13-20)17-19-10-4-2-5-11-19/h2-16,25H,17H2,1H3/b24-16+. The van der Waals surface area contributed by atoms with Gasteiger partial charge in [0.05, 0.1) is 18.4 Å². The predicted octanol–water partition coefficient (Wildman–Crippen LogP) is 5.52. The normalized spacial score (nSPS) is 11.3. The van der Waals surface area contributed by atoms with Crippen molar-refractivity contribution in [2.75, 3.05) is 5.01 Å². The van der Waals surface area contributed by atoms with E-state index in [9.17, 15) is 0 Å². The first kappa shape index (κ1) is 16.2. The molecule has 1 N–H and O–H groups in total. The van der Waals surface area contributed by atoms with E-state index in [1.54, 1.807) is 0 Å². The molecule has 128 valence electrons. The molecule has 0 bridgehead atoms. The molecule has 0 fully saturated rings. The van der Waals surface area contributed by atoms with Crippen LogP contribution in [0.3, 0.4) is 0 Å². The molecule has 0 atom stereocenters. The Morgan fingerprint density at radius 1 is 0.846 bits per heavy atom. The molecule has 0 aliphatic carbocycles. The van der Waals surface area contributed by atoms with E-state index in [0.717, 1.165) is 29.0 Å². The van der Waals surface area contributed by atoms with Crippen LogP contribution in [0.2, 0.25) is 0 Å². The lowest BCUT2D eigenvalue weighted by Gasteiger charge is -2.19. The maximum atomic E-state index is 4.83. The third-order valence-electron chi connectivity index (χ3n) is 4.50. The van der Waals surface area contributed by atoms with Crippen molar-refractivity contribution in [1.82, 2.24) is 4.98 Å². The second-order valence-electron chi connectivity index (χ2n) is 6.33.